The van der Waals surface area contributed by atoms with Gasteiger partial charge in [0.2, 0.25) is 19.5 Å². The van der Waals surface area contributed by atoms with E-state index in [1.165, 1.54) is 57.8 Å². The van der Waals surface area contributed by atoms with Gasteiger partial charge in [0.05, 0.1) is 0 Å². The van der Waals surface area contributed by atoms with Crippen LogP contribution in [0.5, 0.6) is 0 Å². The Kier molecular flexibility index (Phi) is 7.46. The smallest absolute Gasteiger partial charge is 0.203 e. The molecule has 9 heteroatoms. The molecule has 0 radical (unpaired) electrons. The molecule has 3 saturated carbocycles. The van der Waals surface area contributed by atoms with Crippen molar-refractivity contribution in [3.05, 3.63) is 0 Å². The summed E-state index contributed by atoms with van der Waals surface area (Å²) in [5.41, 5.74) is 1.05. The van der Waals surface area contributed by atoms with Gasteiger partial charge >= 0.3 is 0 Å². The fourth-order valence-corrected chi connectivity index (χ4v) is 24.7. The van der Waals surface area contributed by atoms with Crippen LogP contribution in [0.4, 0.5) is 0 Å². The molecule has 0 aromatic carbocycles. The monoisotopic (exact) mass is 486 g/mol. The van der Waals surface area contributed by atoms with Gasteiger partial charge in [-0.15, -0.1) is 0 Å². The van der Waals surface area contributed by atoms with Gasteiger partial charge in [-0.2, -0.15) is 0 Å². The van der Waals surface area contributed by atoms with E-state index >= 15 is 0 Å². The predicted molar refractivity (Wildman–Crippen MR) is 127 cm³/mol. The van der Waals surface area contributed by atoms with Gasteiger partial charge in [0.1, 0.15) is 0 Å². The van der Waals surface area contributed by atoms with Crippen LogP contribution in [0, 0.1) is 0 Å². The van der Waals surface area contributed by atoms with Gasteiger partial charge in [0.15, 0.2) is 0 Å². The Hall–Kier alpha value is 1.83. The van der Waals surface area contributed by atoms with Crippen LogP contribution >= 0.6 is 19.5 Å². The second-order valence-corrected chi connectivity index (χ2v) is 20.7. The molecule has 0 atom stereocenters. The molecule has 1 aliphatic heterocycles. The van der Waals surface area contributed by atoms with E-state index in [1.54, 1.807) is 0 Å². The minimum Gasteiger partial charge on any atom is -0.272 e. The maximum absolute atomic E-state index is 6.70. The SMILES string of the molecule is S=P1(C2CCCCC2)OP(=S)(C2CCCCC2)OP(=S)(C2CCCCC2)O1. The summed E-state index contributed by atoms with van der Waals surface area (Å²) in [6.07, 6.45) is 18.0. The van der Waals surface area contributed by atoms with Crippen molar-refractivity contribution in [2.45, 2.75) is 113 Å². The lowest BCUT2D eigenvalue weighted by Crippen LogP contribution is -2.26. The van der Waals surface area contributed by atoms with Crippen LogP contribution in [0.1, 0.15) is 96.3 Å². The van der Waals surface area contributed by atoms with E-state index in [2.05, 4.69) is 0 Å². The molecular weight excluding hydrogens is 453 g/mol. The number of rotatable bonds is 3. The molecule has 0 bridgehead atoms. The highest BCUT2D eigenvalue weighted by molar-refractivity contribution is 8.25. The van der Waals surface area contributed by atoms with Gasteiger partial charge in [-0.1, -0.05) is 57.8 Å². The number of hydrogen-bond donors (Lipinski definition) is 0. The van der Waals surface area contributed by atoms with Crippen LogP contribution < -0.4 is 0 Å². The average molecular weight is 487 g/mol. The largest absolute Gasteiger partial charge is 0.272 e. The van der Waals surface area contributed by atoms with Gasteiger partial charge in [-0.3, -0.25) is 12.9 Å². The zero-order valence-corrected chi connectivity index (χ0v) is 21.3. The fourth-order valence-electron chi connectivity index (χ4n) is 5.11. The van der Waals surface area contributed by atoms with Crippen molar-refractivity contribution in [2.24, 2.45) is 0 Å². The van der Waals surface area contributed by atoms with Crippen molar-refractivity contribution < 1.29 is 12.9 Å². The molecule has 0 amide bonds. The average Bonchev–Trinajstić information content (AvgIpc) is 2.69. The molecule has 156 valence electrons. The van der Waals surface area contributed by atoms with Gasteiger partial charge in [0.25, 0.3) is 0 Å². The van der Waals surface area contributed by atoms with Gasteiger partial charge in [0, 0.05) is 17.0 Å². The van der Waals surface area contributed by atoms with Crippen LogP contribution in [0.3, 0.4) is 0 Å². The van der Waals surface area contributed by atoms with E-state index in [-0.39, 0.29) is 0 Å². The van der Waals surface area contributed by atoms with Gasteiger partial charge in [-0.05, 0) is 73.9 Å². The summed E-state index contributed by atoms with van der Waals surface area (Å²) in [5.74, 6) is 0. The van der Waals surface area contributed by atoms with Crippen LogP contribution in [0.25, 0.3) is 0 Å². The standard InChI is InChI=1S/C18H33O3P3S3/c25-22(16-10-4-1-5-11-16)19-23(26,17-12-6-2-7-13-17)21-24(27,20-22)18-14-8-3-9-15-18/h16-18H,1-15H2. The molecular formula is C18H33O3P3S3. The van der Waals surface area contributed by atoms with Crippen molar-refractivity contribution in [1.29, 1.82) is 0 Å². The third kappa shape index (κ3) is 4.86. The Morgan fingerprint density at radius 2 is 0.630 bits per heavy atom. The Balaban J connectivity index is 1.66. The molecule has 0 unspecified atom stereocenters. The van der Waals surface area contributed by atoms with Crippen LogP contribution in [-0.2, 0) is 48.4 Å². The molecule has 1 saturated heterocycles. The van der Waals surface area contributed by atoms with Crippen molar-refractivity contribution in [1.82, 2.24) is 0 Å². The van der Waals surface area contributed by atoms with Crippen LogP contribution in [-0.4, -0.2) is 17.0 Å². The molecule has 0 spiro atoms. The molecule has 4 aliphatic rings. The Morgan fingerprint density at radius 1 is 0.407 bits per heavy atom. The van der Waals surface area contributed by atoms with E-state index in [0.717, 1.165) is 38.5 Å². The lowest BCUT2D eigenvalue weighted by Gasteiger charge is -2.49. The van der Waals surface area contributed by atoms with E-state index in [9.17, 15) is 0 Å². The first-order chi connectivity index (χ1) is 12.9. The van der Waals surface area contributed by atoms with E-state index < -0.39 is 19.5 Å². The summed E-state index contributed by atoms with van der Waals surface area (Å²) in [5, 5.41) is 0. The Labute approximate surface area is 180 Å². The zero-order valence-electron chi connectivity index (χ0n) is 16.1. The third-order valence-corrected chi connectivity index (χ3v) is 22.7. The quantitative estimate of drug-likeness (QED) is 0.376. The summed E-state index contributed by atoms with van der Waals surface area (Å²) < 4.78 is 20.1. The first kappa shape index (κ1) is 22.0. The van der Waals surface area contributed by atoms with Crippen molar-refractivity contribution in [2.75, 3.05) is 0 Å². The third-order valence-electron chi connectivity index (χ3n) is 6.75. The topological polar surface area (TPSA) is 27.7 Å². The van der Waals surface area contributed by atoms with E-state index in [1.807, 2.05) is 0 Å². The zero-order chi connectivity index (χ0) is 19.0. The molecule has 4 rings (SSSR count). The van der Waals surface area contributed by atoms with E-state index in [0.29, 0.717) is 17.0 Å². The molecule has 0 aromatic rings. The highest BCUT2D eigenvalue weighted by Crippen LogP contribution is 2.87. The normalized spacial score (nSPS) is 43.6. The Morgan fingerprint density at radius 3 is 0.852 bits per heavy atom. The minimum atomic E-state index is -2.47. The van der Waals surface area contributed by atoms with Crippen molar-refractivity contribution in [3.8, 4) is 0 Å². The highest BCUT2D eigenvalue weighted by Gasteiger charge is 2.53. The predicted octanol–water partition coefficient (Wildman–Crippen LogP) is 7.98. The summed E-state index contributed by atoms with van der Waals surface area (Å²) in [6, 6.07) is 0. The van der Waals surface area contributed by atoms with Crippen molar-refractivity contribution in [3.63, 3.8) is 0 Å². The second-order valence-electron chi connectivity index (χ2n) is 8.74. The summed E-state index contributed by atoms with van der Waals surface area (Å²) in [7, 11) is 0. The molecule has 1 heterocycles. The summed E-state index contributed by atoms with van der Waals surface area (Å²) in [6.45, 7) is -7.40. The maximum atomic E-state index is 6.70. The van der Waals surface area contributed by atoms with Crippen LogP contribution in [0.2, 0.25) is 0 Å². The Bertz CT molecular complexity index is 560. The van der Waals surface area contributed by atoms with Gasteiger partial charge in [-0.25, -0.2) is 0 Å². The summed E-state index contributed by atoms with van der Waals surface area (Å²) in [4.78, 5) is 0. The maximum Gasteiger partial charge on any atom is 0.203 e. The van der Waals surface area contributed by atoms with E-state index in [4.69, 9.17) is 48.4 Å². The van der Waals surface area contributed by atoms with Crippen LogP contribution in [0.15, 0.2) is 0 Å². The summed E-state index contributed by atoms with van der Waals surface area (Å²) >= 11 is 18.7. The molecule has 27 heavy (non-hydrogen) atoms. The van der Waals surface area contributed by atoms with Gasteiger partial charge < -0.3 is 0 Å². The molecule has 3 nitrogen and oxygen atoms in total. The lowest BCUT2D eigenvalue weighted by molar-refractivity contribution is 0.346. The molecule has 0 N–H and O–H groups in total. The molecule has 4 fully saturated rings. The first-order valence-electron chi connectivity index (χ1n) is 10.9. The van der Waals surface area contributed by atoms with Crippen molar-refractivity contribution >= 4 is 54.9 Å². The molecule has 3 aliphatic carbocycles. The molecule has 0 aromatic heterocycles. The first-order valence-corrected chi connectivity index (χ1v) is 19.0. The second kappa shape index (κ2) is 9.13. The lowest BCUT2D eigenvalue weighted by atomic mass is 10.0. The number of hydrogen-bond acceptors (Lipinski definition) is 6. The fraction of sp³-hybridized carbons (Fsp3) is 1.00. The minimum absolute atomic E-state index is 0.349. The highest BCUT2D eigenvalue weighted by atomic mass is 32.5.